The molecule has 1 saturated heterocycles. The number of carbonyl (C=O) groups is 1. The highest BCUT2D eigenvalue weighted by atomic mass is 35.5. The van der Waals surface area contributed by atoms with E-state index >= 15 is 0 Å². The molecule has 0 radical (unpaired) electrons. The van der Waals surface area contributed by atoms with Gasteiger partial charge in [-0.25, -0.2) is 8.42 Å². The van der Waals surface area contributed by atoms with Crippen LogP contribution in [0.3, 0.4) is 0 Å². The minimum atomic E-state index is -4.60. The Kier molecular flexibility index (Phi) is 6.71. The van der Waals surface area contributed by atoms with Crippen LogP contribution in [0.15, 0.2) is 18.2 Å². The van der Waals surface area contributed by atoms with Crippen molar-refractivity contribution in [3.8, 4) is 0 Å². The molecule has 1 amide bonds. The fourth-order valence-electron chi connectivity index (χ4n) is 2.24. The number of halogens is 4. The lowest BCUT2D eigenvalue weighted by Gasteiger charge is -2.31. The molecule has 0 spiro atoms. The Hall–Kier alpha value is -1.52. The lowest BCUT2D eigenvalue weighted by atomic mass is 9.88. The molecule has 0 aliphatic carbocycles. The molecule has 0 bridgehead atoms. The molecule has 11 heteroatoms. The normalized spacial score (nSPS) is 16.4. The van der Waals surface area contributed by atoms with Crippen molar-refractivity contribution in [2.75, 3.05) is 29.4 Å². The van der Waals surface area contributed by atoms with Crippen LogP contribution >= 0.6 is 12.4 Å². The van der Waals surface area contributed by atoms with Gasteiger partial charge in [0, 0.05) is 5.92 Å². The van der Waals surface area contributed by atoms with Crippen LogP contribution in [-0.4, -0.2) is 33.7 Å². The van der Waals surface area contributed by atoms with Crippen molar-refractivity contribution in [3.05, 3.63) is 23.8 Å². The third kappa shape index (κ3) is 5.75. The topological polar surface area (TPSA) is 87.3 Å². The zero-order valence-corrected chi connectivity index (χ0v) is 15.1. The Balaban J connectivity index is 0.00000312. The predicted molar refractivity (Wildman–Crippen MR) is 91.3 cm³/mol. The monoisotopic (exact) mass is 401 g/mol. The van der Waals surface area contributed by atoms with E-state index in [1.54, 1.807) is 6.92 Å². The molecule has 6 nitrogen and oxygen atoms in total. The minimum absolute atomic E-state index is 0. The highest BCUT2D eigenvalue weighted by molar-refractivity contribution is 7.92. The first-order valence-corrected chi connectivity index (χ1v) is 9.07. The number of hydrogen-bond acceptors (Lipinski definition) is 4. The summed E-state index contributed by atoms with van der Waals surface area (Å²) in [5.41, 5.74) is -1.31. The second kappa shape index (κ2) is 7.79. The Morgan fingerprint density at radius 1 is 1.28 bits per heavy atom. The Labute approximate surface area is 150 Å². The molecular formula is C14H19ClF3N3O3S. The van der Waals surface area contributed by atoms with Crippen molar-refractivity contribution >= 4 is 39.7 Å². The fraction of sp³-hybridized carbons (Fsp3) is 0.500. The van der Waals surface area contributed by atoms with E-state index < -0.39 is 33.6 Å². The molecule has 1 aliphatic heterocycles. The van der Waals surface area contributed by atoms with Gasteiger partial charge in [0.1, 0.15) is 0 Å². The van der Waals surface area contributed by atoms with Gasteiger partial charge in [0.05, 0.1) is 23.2 Å². The predicted octanol–water partition coefficient (Wildman–Crippen LogP) is 2.29. The molecule has 3 N–H and O–H groups in total. The van der Waals surface area contributed by atoms with Gasteiger partial charge in [-0.15, -0.1) is 12.4 Å². The number of sulfonamides is 1. The van der Waals surface area contributed by atoms with E-state index in [-0.39, 0.29) is 29.7 Å². The summed E-state index contributed by atoms with van der Waals surface area (Å²) in [4.78, 5) is 12.2. The summed E-state index contributed by atoms with van der Waals surface area (Å²) in [6.07, 6.45) is -3.73. The molecule has 1 aromatic carbocycles. The second-order valence-electron chi connectivity index (χ2n) is 5.83. The van der Waals surface area contributed by atoms with E-state index in [4.69, 9.17) is 0 Å². The average molecular weight is 402 g/mol. The number of nitrogens with one attached hydrogen (secondary N) is 3. The summed E-state index contributed by atoms with van der Waals surface area (Å²) in [6.45, 7) is 3.00. The first-order valence-electron chi connectivity index (χ1n) is 7.18. The molecule has 0 saturated carbocycles. The lowest BCUT2D eigenvalue weighted by molar-refractivity contribution is -0.137. The Bertz CT molecular complexity index is 737. The van der Waals surface area contributed by atoms with Crippen molar-refractivity contribution in [1.29, 1.82) is 0 Å². The number of carbonyl (C=O) groups excluding carboxylic acids is 1. The minimum Gasteiger partial charge on any atom is -0.324 e. The van der Waals surface area contributed by atoms with Crippen molar-refractivity contribution in [2.24, 2.45) is 11.8 Å². The van der Waals surface area contributed by atoms with Gasteiger partial charge >= 0.3 is 6.18 Å². The van der Waals surface area contributed by atoms with Crippen LogP contribution in [0.1, 0.15) is 12.5 Å². The number of hydrogen-bond donors (Lipinski definition) is 3. The van der Waals surface area contributed by atoms with Crippen LogP contribution in [0.25, 0.3) is 0 Å². The second-order valence-corrected chi connectivity index (χ2v) is 7.58. The highest BCUT2D eigenvalue weighted by Gasteiger charge is 2.33. The van der Waals surface area contributed by atoms with Crippen LogP contribution in [-0.2, 0) is 21.0 Å². The zero-order chi connectivity index (χ0) is 18.1. The summed E-state index contributed by atoms with van der Waals surface area (Å²) in [5, 5.41) is 5.41. The number of benzene rings is 1. The van der Waals surface area contributed by atoms with Crippen molar-refractivity contribution in [3.63, 3.8) is 0 Å². The van der Waals surface area contributed by atoms with E-state index in [1.165, 1.54) is 0 Å². The van der Waals surface area contributed by atoms with E-state index in [0.717, 1.165) is 24.5 Å². The van der Waals surface area contributed by atoms with Gasteiger partial charge in [-0.1, -0.05) is 6.92 Å². The summed E-state index contributed by atoms with van der Waals surface area (Å²) < 4.78 is 63.4. The molecule has 1 heterocycles. The Morgan fingerprint density at radius 2 is 1.88 bits per heavy atom. The number of rotatable bonds is 5. The number of anilines is 2. The van der Waals surface area contributed by atoms with Gasteiger partial charge in [0.15, 0.2) is 0 Å². The van der Waals surface area contributed by atoms with Gasteiger partial charge < -0.3 is 10.6 Å². The molecule has 1 unspecified atom stereocenters. The van der Waals surface area contributed by atoms with Crippen LogP contribution in [0.5, 0.6) is 0 Å². The molecule has 1 fully saturated rings. The Morgan fingerprint density at radius 3 is 2.32 bits per heavy atom. The molecule has 1 aromatic rings. The maximum Gasteiger partial charge on any atom is 0.416 e. The highest BCUT2D eigenvalue weighted by Crippen LogP contribution is 2.34. The zero-order valence-electron chi connectivity index (χ0n) is 13.5. The summed E-state index contributed by atoms with van der Waals surface area (Å²) in [7, 11) is -3.71. The summed E-state index contributed by atoms with van der Waals surface area (Å²) in [5.74, 6) is -0.772. The average Bonchev–Trinajstić information content (AvgIpc) is 2.35. The third-order valence-corrected chi connectivity index (χ3v) is 4.42. The van der Waals surface area contributed by atoms with Crippen molar-refractivity contribution in [1.82, 2.24) is 5.32 Å². The smallest absolute Gasteiger partial charge is 0.324 e. The molecule has 2 rings (SSSR count). The third-order valence-electron chi connectivity index (χ3n) is 3.83. The van der Waals surface area contributed by atoms with Gasteiger partial charge in [-0.3, -0.25) is 9.52 Å². The van der Waals surface area contributed by atoms with E-state index in [0.29, 0.717) is 13.1 Å². The molecule has 1 aliphatic rings. The quantitative estimate of drug-likeness (QED) is 0.706. The first kappa shape index (κ1) is 21.5. The first-order chi connectivity index (χ1) is 11.0. The van der Waals surface area contributed by atoms with E-state index in [9.17, 15) is 26.4 Å². The lowest BCUT2D eigenvalue weighted by Crippen LogP contribution is -2.48. The van der Waals surface area contributed by atoms with Gasteiger partial charge in [0.2, 0.25) is 15.9 Å². The molecule has 142 valence electrons. The summed E-state index contributed by atoms with van der Waals surface area (Å²) >= 11 is 0. The molecule has 1 atom stereocenters. The SMILES string of the molecule is CC(C(=O)Nc1cc(C(F)(F)F)ccc1NS(C)(=O)=O)C1CNC1.Cl. The number of amides is 1. The van der Waals surface area contributed by atoms with Gasteiger partial charge in [0.25, 0.3) is 0 Å². The van der Waals surface area contributed by atoms with Gasteiger partial charge in [-0.05, 0) is 37.2 Å². The fourth-order valence-corrected chi connectivity index (χ4v) is 2.82. The van der Waals surface area contributed by atoms with Crippen molar-refractivity contribution < 1.29 is 26.4 Å². The van der Waals surface area contributed by atoms with Crippen LogP contribution in [0.4, 0.5) is 24.5 Å². The maximum atomic E-state index is 12.9. The van der Waals surface area contributed by atoms with Crippen LogP contribution in [0.2, 0.25) is 0 Å². The van der Waals surface area contributed by atoms with E-state index in [1.807, 2.05) is 0 Å². The van der Waals surface area contributed by atoms with E-state index in [2.05, 4.69) is 15.4 Å². The number of alkyl halides is 3. The molecule has 25 heavy (non-hydrogen) atoms. The van der Waals surface area contributed by atoms with Crippen LogP contribution in [0, 0.1) is 11.8 Å². The van der Waals surface area contributed by atoms with Gasteiger partial charge in [-0.2, -0.15) is 13.2 Å². The summed E-state index contributed by atoms with van der Waals surface area (Å²) in [6, 6.07) is 2.45. The van der Waals surface area contributed by atoms with Crippen LogP contribution < -0.4 is 15.4 Å². The largest absolute Gasteiger partial charge is 0.416 e. The molecular weight excluding hydrogens is 383 g/mol. The van der Waals surface area contributed by atoms with Crippen molar-refractivity contribution in [2.45, 2.75) is 13.1 Å². The maximum absolute atomic E-state index is 12.9. The molecule has 0 aromatic heterocycles. The standard InChI is InChI=1S/C14H18F3N3O3S.ClH/c1-8(9-6-18-7-9)13(21)19-12-5-10(14(15,16)17)3-4-11(12)20-24(2,22)23;/h3-5,8-9,18,20H,6-7H2,1-2H3,(H,19,21);1H.